The number of nitrogens with one attached hydrogen (secondary N) is 1. The molecule has 19 heavy (non-hydrogen) atoms. The average Bonchev–Trinajstić information content (AvgIpc) is 2.60. The number of hydrogen-bond acceptors (Lipinski definition) is 3. The highest BCUT2D eigenvalue weighted by Gasteiger charge is 2.47. The number of halogens is 1. The van der Waals surface area contributed by atoms with E-state index >= 15 is 0 Å². The first kappa shape index (κ1) is 12.6. The third kappa shape index (κ3) is 1.78. The van der Waals surface area contributed by atoms with E-state index in [4.69, 9.17) is 11.6 Å². The maximum Gasteiger partial charge on any atom is 0.245 e. The third-order valence-corrected chi connectivity index (χ3v) is 5.07. The zero-order chi connectivity index (χ0) is 13.7. The highest BCUT2D eigenvalue weighted by Crippen LogP contribution is 2.41. The van der Waals surface area contributed by atoms with E-state index in [1.165, 1.54) is 6.07 Å². The van der Waals surface area contributed by atoms with Crippen LogP contribution >= 0.6 is 11.6 Å². The van der Waals surface area contributed by atoms with Crippen molar-refractivity contribution in [3.05, 3.63) is 64.7 Å². The van der Waals surface area contributed by atoms with Crippen molar-refractivity contribution in [2.45, 2.75) is 10.6 Å². The van der Waals surface area contributed by atoms with E-state index in [0.717, 1.165) is 0 Å². The highest BCUT2D eigenvalue weighted by atomic mass is 35.5. The van der Waals surface area contributed by atoms with Crippen LogP contribution in [0, 0.1) is 0 Å². The molecule has 0 spiro atoms. The normalized spacial score (nSPS) is 24.1. The highest BCUT2D eigenvalue weighted by molar-refractivity contribution is 7.90. The Kier molecular flexibility index (Phi) is 2.69. The van der Waals surface area contributed by atoms with Gasteiger partial charge in [0.1, 0.15) is 4.90 Å². The second-order valence-electron chi connectivity index (χ2n) is 4.30. The lowest BCUT2D eigenvalue weighted by atomic mass is 9.95. The quantitative estimate of drug-likeness (QED) is 0.843. The van der Waals surface area contributed by atoms with Crippen LogP contribution in [-0.2, 0) is 15.7 Å². The Morgan fingerprint density at radius 2 is 1.74 bits per heavy atom. The van der Waals surface area contributed by atoms with Gasteiger partial charge in [-0.1, -0.05) is 54.1 Å². The maximum absolute atomic E-state index is 12.1. The van der Waals surface area contributed by atoms with E-state index in [0.29, 0.717) is 5.56 Å². The summed E-state index contributed by atoms with van der Waals surface area (Å²) >= 11 is 5.94. The lowest BCUT2D eigenvalue weighted by molar-refractivity contribution is 0.0725. The Morgan fingerprint density at radius 3 is 2.42 bits per heavy atom. The number of rotatable bonds is 1. The minimum Gasteiger partial charge on any atom is -0.367 e. The van der Waals surface area contributed by atoms with Gasteiger partial charge in [-0.15, -0.1) is 0 Å². The van der Waals surface area contributed by atoms with E-state index in [-0.39, 0.29) is 15.5 Å². The minimum absolute atomic E-state index is 0.0666. The summed E-state index contributed by atoms with van der Waals surface area (Å²) in [5.74, 6) is 0. The van der Waals surface area contributed by atoms with Gasteiger partial charge in [-0.2, -0.15) is 4.72 Å². The predicted molar refractivity (Wildman–Crippen MR) is 71.2 cm³/mol. The van der Waals surface area contributed by atoms with E-state index in [1.807, 2.05) is 0 Å². The van der Waals surface area contributed by atoms with Crippen molar-refractivity contribution in [2.75, 3.05) is 0 Å². The Morgan fingerprint density at radius 1 is 1.05 bits per heavy atom. The van der Waals surface area contributed by atoms with Crippen molar-refractivity contribution >= 4 is 21.6 Å². The van der Waals surface area contributed by atoms with Crippen LogP contribution in [0.1, 0.15) is 11.1 Å². The van der Waals surface area contributed by atoms with Gasteiger partial charge in [0.2, 0.25) is 10.0 Å². The largest absolute Gasteiger partial charge is 0.367 e. The fourth-order valence-corrected chi connectivity index (χ4v) is 4.29. The number of hydrogen-bond donors (Lipinski definition) is 2. The monoisotopic (exact) mass is 295 g/mol. The zero-order valence-electron chi connectivity index (χ0n) is 9.67. The fourth-order valence-electron chi connectivity index (χ4n) is 2.26. The molecule has 0 bridgehead atoms. The molecule has 0 amide bonds. The summed E-state index contributed by atoms with van der Waals surface area (Å²) in [5, 5.41) is 10.8. The summed E-state index contributed by atoms with van der Waals surface area (Å²) in [6.07, 6.45) is 0. The van der Waals surface area contributed by atoms with E-state index < -0.39 is 15.7 Å². The molecule has 0 fully saturated rings. The molecule has 0 saturated carbocycles. The summed E-state index contributed by atoms with van der Waals surface area (Å²) in [6, 6.07) is 13.2. The predicted octanol–water partition coefficient (Wildman–Crippen LogP) is 1.83. The van der Waals surface area contributed by atoms with Gasteiger partial charge in [0, 0.05) is 11.1 Å². The Bertz CT molecular complexity index is 746. The van der Waals surface area contributed by atoms with Gasteiger partial charge < -0.3 is 5.11 Å². The number of aliphatic hydroxyl groups is 1. The molecule has 0 radical (unpaired) electrons. The molecular formula is C13H10ClNO3S. The van der Waals surface area contributed by atoms with Gasteiger partial charge in [-0.3, -0.25) is 0 Å². The van der Waals surface area contributed by atoms with E-state index in [2.05, 4.69) is 4.72 Å². The summed E-state index contributed by atoms with van der Waals surface area (Å²) in [4.78, 5) is -0.0666. The Labute approximate surface area is 115 Å². The molecule has 1 aliphatic rings. The molecule has 0 aliphatic carbocycles. The van der Waals surface area contributed by atoms with Crippen LogP contribution in [0.2, 0.25) is 5.02 Å². The maximum atomic E-state index is 12.1. The molecule has 6 heteroatoms. The molecule has 3 rings (SSSR count). The molecule has 1 atom stereocenters. The van der Waals surface area contributed by atoms with Crippen molar-refractivity contribution in [3.8, 4) is 0 Å². The SMILES string of the molecule is O=S1(=O)NC(O)(c2ccccc2)c2cccc(Cl)c21. The molecule has 2 aromatic rings. The minimum atomic E-state index is -3.82. The molecule has 0 aromatic heterocycles. The first-order chi connectivity index (χ1) is 8.95. The van der Waals surface area contributed by atoms with Gasteiger partial charge >= 0.3 is 0 Å². The molecule has 4 nitrogen and oxygen atoms in total. The van der Waals surface area contributed by atoms with Crippen LogP contribution in [0.5, 0.6) is 0 Å². The smallest absolute Gasteiger partial charge is 0.245 e. The number of fused-ring (bicyclic) bond motifs is 1. The molecule has 1 unspecified atom stereocenters. The molecule has 1 aliphatic heterocycles. The molecular weight excluding hydrogens is 286 g/mol. The van der Waals surface area contributed by atoms with Crippen LogP contribution in [0.3, 0.4) is 0 Å². The van der Waals surface area contributed by atoms with Crippen molar-refractivity contribution in [2.24, 2.45) is 0 Å². The average molecular weight is 296 g/mol. The van der Waals surface area contributed by atoms with Crippen LogP contribution in [-0.4, -0.2) is 13.5 Å². The fraction of sp³-hybridized carbons (Fsp3) is 0.0769. The van der Waals surface area contributed by atoms with E-state index in [1.54, 1.807) is 42.5 Å². The lowest BCUT2D eigenvalue weighted by Gasteiger charge is -2.23. The number of sulfonamides is 1. The van der Waals surface area contributed by atoms with Crippen molar-refractivity contribution in [1.29, 1.82) is 0 Å². The second-order valence-corrected chi connectivity index (χ2v) is 6.32. The first-order valence-electron chi connectivity index (χ1n) is 5.56. The van der Waals surface area contributed by atoms with Crippen molar-refractivity contribution in [1.82, 2.24) is 4.72 Å². The first-order valence-corrected chi connectivity index (χ1v) is 7.42. The lowest BCUT2D eigenvalue weighted by Crippen LogP contribution is -2.40. The molecule has 2 aromatic carbocycles. The zero-order valence-corrected chi connectivity index (χ0v) is 11.2. The van der Waals surface area contributed by atoms with Crippen molar-refractivity contribution < 1.29 is 13.5 Å². The van der Waals surface area contributed by atoms with Crippen LogP contribution in [0.25, 0.3) is 0 Å². The summed E-state index contributed by atoms with van der Waals surface area (Å²) in [5.41, 5.74) is -1.09. The van der Waals surface area contributed by atoms with Crippen LogP contribution < -0.4 is 4.72 Å². The summed E-state index contributed by atoms with van der Waals surface area (Å²) in [6.45, 7) is 0. The van der Waals surface area contributed by atoms with Gasteiger partial charge in [-0.05, 0) is 6.07 Å². The standard InChI is InChI=1S/C13H10ClNO3S/c14-11-8-4-7-10-12(11)19(17,18)15-13(10,16)9-5-2-1-3-6-9/h1-8,15-16H. The topological polar surface area (TPSA) is 66.4 Å². The van der Waals surface area contributed by atoms with Gasteiger partial charge in [0.05, 0.1) is 5.02 Å². The van der Waals surface area contributed by atoms with Gasteiger partial charge in [-0.25, -0.2) is 8.42 Å². The summed E-state index contributed by atoms with van der Waals surface area (Å²) < 4.78 is 26.5. The number of benzene rings is 2. The molecule has 2 N–H and O–H groups in total. The Hall–Kier alpha value is -1.40. The van der Waals surface area contributed by atoms with Crippen LogP contribution in [0.4, 0.5) is 0 Å². The van der Waals surface area contributed by atoms with Gasteiger partial charge in [0.25, 0.3) is 0 Å². The van der Waals surface area contributed by atoms with Crippen molar-refractivity contribution in [3.63, 3.8) is 0 Å². The molecule has 98 valence electrons. The molecule has 1 heterocycles. The Balaban J connectivity index is 2.33. The summed E-state index contributed by atoms with van der Waals surface area (Å²) in [7, 11) is -3.82. The van der Waals surface area contributed by atoms with Gasteiger partial charge in [0.15, 0.2) is 5.72 Å². The van der Waals surface area contributed by atoms with Crippen LogP contribution in [0.15, 0.2) is 53.4 Å². The second kappa shape index (κ2) is 4.05. The molecule has 0 saturated heterocycles. The van der Waals surface area contributed by atoms with E-state index in [9.17, 15) is 13.5 Å². The third-order valence-electron chi connectivity index (χ3n) is 3.10.